The second-order valence-corrected chi connectivity index (χ2v) is 4.09. The maximum absolute atomic E-state index is 11.9. The van der Waals surface area contributed by atoms with Gasteiger partial charge in [-0.2, -0.15) is 0 Å². The first-order valence-electron chi connectivity index (χ1n) is 6.08. The minimum atomic E-state index is -0.277. The van der Waals surface area contributed by atoms with E-state index in [0.29, 0.717) is 23.6 Å². The van der Waals surface area contributed by atoms with Crippen LogP contribution in [0.15, 0.2) is 34.9 Å². The summed E-state index contributed by atoms with van der Waals surface area (Å²) < 4.78 is 5.36. The fraction of sp³-hybridized carbons (Fsp3) is 0.200. The van der Waals surface area contributed by atoms with Gasteiger partial charge in [-0.1, -0.05) is 11.8 Å². The summed E-state index contributed by atoms with van der Waals surface area (Å²) in [6.07, 6.45) is 1.49. The van der Waals surface area contributed by atoms with Gasteiger partial charge in [-0.15, -0.1) is 0 Å². The number of pyridine rings is 1. The molecule has 1 amide bonds. The van der Waals surface area contributed by atoms with Crippen LogP contribution in [0.5, 0.6) is 0 Å². The molecule has 20 heavy (non-hydrogen) atoms. The summed E-state index contributed by atoms with van der Waals surface area (Å²) in [7, 11) is 0. The third-order valence-corrected chi connectivity index (χ3v) is 2.53. The Hall–Kier alpha value is -2.58. The zero-order valence-electron chi connectivity index (χ0n) is 11.0. The second-order valence-electron chi connectivity index (χ2n) is 4.09. The molecule has 0 radical (unpaired) electrons. The summed E-state index contributed by atoms with van der Waals surface area (Å²) in [5.41, 5.74) is 0.958. The molecule has 0 fully saturated rings. The Labute approximate surface area is 116 Å². The quantitative estimate of drug-likeness (QED) is 0.823. The average molecular weight is 270 g/mol. The molecule has 2 N–H and O–H groups in total. The van der Waals surface area contributed by atoms with Gasteiger partial charge in [0.1, 0.15) is 23.8 Å². The van der Waals surface area contributed by atoms with E-state index in [-0.39, 0.29) is 12.5 Å². The highest BCUT2D eigenvalue weighted by atomic mass is 16.3. The number of nitrogens with one attached hydrogen (secondary N) is 1. The number of carbonyl (C=O) groups is 1. The molecule has 5 heteroatoms. The molecule has 0 saturated heterocycles. The first kappa shape index (κ1) is 13.8. The summed E-state index contributed by atoms with van der Waals surface area (Å²) in [4.78, 5) is 15.9. The number of rotatable bonds is 3. The van der Waals surface area contributed by atoms with Crippen molar-refractivity contribution in [2.75, 3.05) is 6.61 Å². The highest BCUT2D eigenvalue weighted by Crippen LogP contribution is 2.06. The Bertz CT molecular complexity index is 648. The molecule has 0 bridgehead atoms. The van der Waals surface area contributed by atoms with E-state index < -0.39 is 0 Å². The predicted octanol–water partition coefficient (Wildman–Crippen LogP) is 1.26. The van der Waals surface area contributed by atoms with Gasteiger partial charge >= 0.3 is 0 Å². The van der Waals surface area contributed by atoms with E-state index in [0.717, 1.165) is 5.76 Å². The standard InChI is InChI=1S/C15H14N2O3/c1-11-4-6-13(20-11)10-17-15(19)14-7-5-12(9-16-14)3-2-8-18/h4-7,9,18H,8,10H2,1H3,(H,17,19). The molecule has 0 aromatic carbocycles. The van der Waals surface area contributed by atoms with Crippen molar-refractivity contribution in [3.8, 4) is 11.8 Å². The maximum atomic E-state index is 11.9. The van der Waals surface area contributed by atoms with Crippen molar-refractivity contribution in [2.45, 2.75) is 13.5 Å². The van der Waals surface area contributed by atoms with Gasteiger partial charge in [0.2, 0.25) is 0 Å². The maximum Gasteiger partial charge on any atom is 0.270 e. The summed E-state index contributed by atoms with van der Waals surface area (Å²) >= 11 is 0. The lowest BCUT2D eigenvalue weighted by Crippen LogP contribution is -2.23. The number of aliphatic hydroxyl groups is 1. The van der Waals surface area contributed by atoms with Crippen molar-refractivity contribution < 1.29 is 14.3 Å². The third kappa shape index (κ3) is 3.70. The Morgan fingerprint density at radius 2 is 2.25 bits per heavy atom. The van der Waals surface area contributed by atoms with Crippen LogP contribution in [0, 0.1) is 18.8 Å². The lowest BCUT2D eigenvalue weighted by Gasteiger charge is -2.02. The van der Waals surface area contributed by atoms with Crippen LogP contribution >= 0.6 is 0 Å². The highest BCUT2D eigenvalue weighted by Gasteiger charge is 2.07. The fourth-order valence-corrected chi connectivity index (χ4v) is 1.58. The molecular weight excluding hydrogens is 256 g/mol. The summed E-state index contributed by atoms with van der Waals surface area (Å²) in [5, 5.41) is 11.3. The van der Waals surface area contributed by atoms with Gasteiger partial charge in [0.25, 0.3) is 5.91 Å². The van der Waals surface area contributed by atoms with Gasteiger partial charge < -0.3 is 14.8 Å². The minimum Gasteiger partial charge on any atom is -0.465 e. The minimum absolute atomic E-state index is 0.204. The molecule has 2 rings (SSSR count). The molecule has 102 valence electrons. The van der Waals surface area contributed by atoms with Crippen LogP contribution in [0.3, 0.4) is 0 Å². The molecule has 2 aromatic heterocycles. The Morgan fingerprint density at radius 1 is 1.40 bits per heavy atom. The average Bonchev–Trinajstić information content (AvgIpc) is 2.89. The number of hydrogen-bond acceptors (Lipinski definition) is 4. The van der Waals surface area contributed by atoms with E-state index in [1.54, 1.807) is 12.1 Å². The number of amides is 1. The van der Waals surface area contributed by atoms with Gasteiger partial charge in [0.05, 0.1) is 6.54 Å². The van der Waals surface area contributed by atoms with Crippen LogP contribution in [0.1, 0.15) is 27.6 Å². The zero-order chi connectivity index (χ0) is 14.4. The lowest BCUT2D eigenvalue weighted by atomic mass is 10.2. The molecule has 0 saturated carbocycles. The van der Waals surface area contributed by atoms with Crippen LogP contribution in [-0.4, -0.2) is 22.6 Å². The van der Waals surface area contributed by atoms with Gasteiger partial charge in [-0.25, -0.2) is 4.98 Å². The van der Waals surface area contributed by atoms with Crippen molar-refractivity contribution in [2.24, 2.45) is 0 Å². The van der Waals surface area contributed by atoms with Crippen LogP contribution in [0.2, 0.25) is 0 Å². The Kier molecular flexibility index (Phi) is 4.53. The van der Waals surface area contributed by atoms with Crippen LogP contribution in [0.4, 0.5) is 0 Å². The van der Waals surface area contributed by atoms with Gasteiger partial charge in [0, 0.05) is 11.8 Å². The summed E-state index contributed by atoms with van der Waals surface area (Å²) in [6.45, 7) is 1.96. The van der Waals surface area contributed by atoms with Gasteiger partial charge in [0.15, 0.2) is 0 Å². The topological polar surface area (TPSA) is 75.4 Å². The summed E-state index contributed by atoms with van der Waals surface area (Å²) in [5.74, 6) is 6.45. The van der Waals surface area contributed by atoms with E-state index >= 15 is 0 Å². The molecule has 0 aliphatic heterocycles. The van der Waals surface area contributed by atoms with Crippen LogP contribution in [0.25, 0.3) is 0 Å². The molecule has 2 aromatic rings. The second kappa shape index (κ2) is 6.55. The predicted molar refractivity (Wildman–Crippen MR) is 72.8 cm³/mol. The van der Waals surface area contributed by atoms with Crippen LogP contribution in [-0.2, 0) is 6.54 Å². The number of furan rings is 1. The smallest absolute Gasteiger partial charge is 0.270 e. The lowest BCUT2D eigenvalue weighted by molar-refractivity contribution is 0.0943. The summed E-state index contributed by atoms with van der Waals surface area (Å²) in [6, 6.07) is 6.93. The van der Waals surface area contributed by atoms with Crippen LogP contribution < -0.4 is 5.32 Å². The number of carbonyl (C=O) groups excluding carboxylic acids is 1. The van der Waals surface area contributed by atoms with Gasteiger partial charge in [-0.05, 0) is 31.2 Å². The molecule has 0 aliphatic rings. The molecule has 0 aliphatic carbocycles. The number of nitrogens with zero attached hydrogens (tertiary/aromatic N) is 1. The highest BCUT2D eigenvalue weighted by molar-refractivity contribution is 5.92. The normalized spacial score (nSPS) is 9.70. The van der Waals surface area contributed by atoms with Crippen molar-refractivity contribution >= 4 is 5.91 Å². The zero-order valence-corrected chi connectivity index (χ0v) is 11.0. The van der Waals surface area contributed by atoms with E-state index in [1.165, 1.54) is 6.20 Å². The Morgan fingerprint density at radius 3 is 2.85 bits per heavy atom. The van der Waals surface area contributed by atoms with Crippen molar-refractivity contribution in [3.05, 3.63) is 53.2 Å². The van der Waals surface area contributed by atoms with Crippen molar-refractivity contribution in [3.63, 3.8) is 0 Å². The first-order valence-corrected chi connectivity index (χ1v) is 6.08. The largest absolute Gasteiger partial charge is 0.465 e. The number of aliphatic hydroxyl groups excluding tert-OH is 1. The van der Waals surface area contributed by atoms with Crippen molar-refractivity contribution in [1.29, 1.82) is 0 Å². The molecule has 2 heterocycles. The molecule has 5 nitrogen and oxygen atoms in total. The molecule has 0 atom stereocenters. The Balaban J connectivity index is 1.95. The third-order valence-electron chi connectivity index (χ3n) is 2.53. The van der Waals surface area contributed by atoms with E-state index in [1.807, 2.05) is 19.1 Å². The van der Waals surface area contributed by atoms with E-state index in [9.17, 15) is 4.79 Å². The van der Waals surface area contributed by atoms with Gasteiger partial charge in [-0.3, -0.25) is 4.79 Å². The first-order chi connectivity index (χ1) is 9.69. The molecule has 0 spiro atoms. The molecule has 0 unspecified atom stereocenters. The van der Waals surface area contributed by atoms with Crippen molar-refractivity contribution in [1.82, 2.24) is 10.3 Å². The van der Waals surface area contributed by atoms with E-state index in [4.69, 9.17) is 9.52 Å². The monoisotopic (exact) mass is 270 g/mol. The fourth-order valence-electron chi connectivity index (χ4n) is 1.58. The molecular formula is C15H14N2O3. The SMILES string of the molecule is Cc1ccc(CNC(=O)c2ccc(C#CCO)cn2)o1. The van der Waals surface area contributed by atoms with E-state index in [2.05, 4.69) is 22.1 Å². The number of aromatic nitrogens is 1. The number of aryl methyl sites for hydroxylation is 1. The number of hydrogen-bond donors (Lipinski definition) is 2.